The minimum atomic E-state index is -0.0342. The van der Waals surface area contributed by atoms with E-state index in [-0.39, 0.29) is 5.91 Å². The van der Waals surface area contributed by atoms with Crippen LogP contribution in [-0.2, 0) is 4.79 Å². The number of benzene rings is 1. The Hall–Kier alpha value is -1.51. The molecule has 5 heteroatoms. The first-order chi connectivity index (χ1) is 10.2. The summed E-state index contributed by atoms with van der Waals surface area (Å²) in [7, 11) is 0. The predicted molar refractivity (Wildman–Crippen MR) is 89.5 cm³/mol. The number of nitriles is 1. The maximum absolute atomic E-state index is 11.8. The quantitative estimate of drug-likeness (QED) is 0.713. The summed E-state index contributed by atoms with van der Waals surface area (Å²) >= 11 is 1.79. The Morgan fingerprint density at radius 1 is 1.29 bits per heavy atom. The molecule has 0 saturated carbocycles. The molecule has 0 atom stereocenters. The largest absolute Gasteiger partial charge is 0.325 e. The van der Waals surface area contributed by atoms with Gasteiger partial charge in [0.1, 0.15) is 6.07 Å². The van der Waals surface area contributed by atoms with Gasteiger partial charge in [-0.2, -0.15) is 17.0 Å². The topological polar surface area (TPSA) is 56.1 Å². The van der Waals surface area contributed by atoms with Crippen molar-refractivity contribution in [2.45, 2.75) is 20.3 Å². The molecule has 0 fully saturated rings. The number of hydrogen-bond acceptors (Lipinski definition) is 4. The number of thioether (sulfide) groups is 1. The summed E-state index contributed by atoms with van der Waals surface area (Å²) in [6, 6.07) is 9.14. The van der Waals surface area contributed by atoms with E-state index in [1.807, 2.05) is 6.07 Å². The lowest BCUT2D eigenvalue weighted by Crippen LogP contribution is -2.25. The van der Waals surface area contributed by atoms with Crippen molar-refractivity contribution < 1.29 is 4.79 Å². The van der Waals surface area contributed by atoms with E-state index in [1.54, 1.807) is 30.0 Å². The molecule has 0 aliphatic rings. The van der Waals surface area contributed by atoms with Gasteiger partial charge in [0.15, 0.2) is 0 Å². The molecule has 4 nitrogen and oxygen atoms in total. The van der Waals surface area contributed by atoms with Crippen LogP contribution in [0.2, 0.25) is 0 Å². The van der Waals surface area contributed by atoms with Gasteiger partial charge in [-0.15, -0.1) is 0 Å². The maximum Gasteiger partial charge on any atom is 0.225 e. The van der Waals surface area contributed by atoms with Gasteiger partial charge in [-0.25, -0.2) is 0 Å². The van der Waals surface area contributed by atoms with E-state index >= 15 is 0 Å². The summed E-state index contributed by atoms with van der Waals surface area (Å²) in [5.74, 6) is 1.82. The molecule has 0 saturated heterocycles. The van der Waals surface area contributed by atoms with Gasteiger partial charge in [-0.1, -0.05) is 26.0 Å². The highest BCUT2D eigenvalue weighted by Crippen LogP contribution is 2.14. The Kier molecular flexibility index (Phi) is 8.56. The van der Waals surface area contributed by atoms with Crippen molar-refractivity contribution in [3.05, 3.63) is 29.8 Å². The highest BCUT2D eigenvalue weighted by molar-refractivity contribution is 7.99. The minimum Gasteiger partial charge on any atom is -0.325 e. The first-order valence-corrected chi connectivity index (χ1v) is 8.45. The second-order valence-corrected chi connectivity index (χ2v) is 5.82. The molecule has 0 heterocycles. The highest BCUT2D eigenvalue weighted by Gasteiger charge is 2.06. The summed E-state index contributed by atoms with van der Waals surface area (Å²) in [6.07, 6.45) is 0.475. The number of nitrogens with one attached hydrogen (secondary N) is 1. The van der Waals surface area contributed by atoms with Crippen molar-refractivity contribution >= 4 is 23.4 Å². The first kappa shape index (κ1) is 17.5. The molecule has 1 N–H and O–H groups in total. The third kappa shape index (κ3) is 6.65. The Morgan fingerprint density at radius 3 is 2.67 bits per heavy atom. The highest BCUT2D eigenvalue weighted by atomic mass is 32.2. The average Bonchev–Trinajstić information content (AvgIpc) is 2.51. The number of nitrogens with zero attached hydrogens (tertiary/aromatic N) is 2. The van der Waals surface area contributed by atoms with Crippen LogP contribution in [0.15, 0.2) is 24.3 Å². The third-order valence-corrected chi connectivity index (χ3v) is 4.21. The zero-order valence-corrected chi connectivity index (χ0v) is 13.6. The summed E-state index contributed by atoms with van der Waals surface area (Å²) in [6.45, 7) is 7.53. The second-order valence-electron chi connectivity index (χ2n) is 4.59. The molecular formula is C16H23N3OS. The number of rotatable bonds is 9. The summed E-state index contributed by atoms with van der Waals surface area (Å²) < 4.78 is 0. The summed E-state index contributed by atoms with van der Waals surface area (Å²) in [5, 5.41) is 11.8. The first-order valence-electron chi connectivity index (χ1n) is 7.30. The lowest BCUT2D eigenvalue weighted by atomic mass is 10.2. The summed E-state index contributed by atoms with van der Waals surface area (Å²) in [5.41, 5.74) is 1.10. The second kappa shape index (κ2) is 10.3. The SMILES string of the molecule is CCN(CC)CCSCCC(=O)Nc1ccccc1C#N. The number of carbonyl (C=O) groups is 1. The van der Waals surface area contributed by atoms with E-state index in [0.717, 1.165) is 31.1 Å². The molecule has 0 unspecified atom stereocenters. The van der Waals surface area contributed by atoms with E-state index in [4.69, 9.17) is 5.26 Å². The monoisotopic (exact) mass is 305 g/mol. The van der Waals surface area contributed by atoms with Crippen molar-refractivity contribution in [3.8, 4) is 6.07 Å². The van der Waals surface area contributed by atoms with Crippen LogP contribution in [0.4, 0.5) is 5.69 Å². The average molecular weight is 305 g/mol. The standard InChI is InChI=1S/C16H23N3OS/c1-3-19(4-2)10-12-21-11-9-16(20)18-15-8-6-5-7-14(15)13-17/h5-8H,3-4,9-12H2,1-2H3,(H,18,20). The van der Waals surface area contributed by atoms with E-state index < -0.39 is 0 Å². The zero-order valence-electron chi connectivity index (χ0n) is 12.8. The molecule has 0 radical (unpaired) electrons. The fourth-order valence-corrected chi connectivity index (χ4v) is 2.82. The molecule has 0 aliphatic heterocycles. The van der Waals surface area contributed by atoms with E-state index in [1.165, 1.54) is 0 Å². The lowest BCUT2D eigenvalue weighted by molar-refractivity contribution is -0.115. The Morgan fingerprint density at radius 2 is 2.00 bits per heavy atom. The van der Waals surface area contributed by atoms with E-state index in [2.05, 4.69) is 30.1 Å². The van der Waals surface area contributed by atoms with Crippen molar-refractivity contribution in [1.82, 2.24) is 4.90 Å². The summed E-state index contributed by atoms with van der Waals surface area (Å²) in [4.78, 5) is 14.2. The van der Waals surface area contributed by atoms with Crippen LogP contribution in [-0.4, -0.2) is 41.9 Å². The van der Waals surface area contributed by atoms with Crippen LogP contribution in [0, 0.1) is 11.3 Å². The zero-order chi connectivity index (χ0) is 15.5. The normalized spacial score (nSPS) is 10.4. The van der Waals surface area contributed by atoms with E-state index in [9.17, 15) is 4.79 Å². The van der Waals surface area contributed by atoms with Crippen LogP contribution in [0.3, 0.4) is 0 Å². The molecule has 1 rings (SSSR count). The van der Waals surface area contributed by atoms with Gasteiger partial charge in [-0.05, 0) is 25.2 Å². The van der Waals surface area contributed by atoms with Gasteiger partial charge in [0.05, 0.1) is 11.3 Å². The molecule has 1 aromatic rings. The minimum absolute atomic E-state index is 0.0342. The van der Waals surface area contributed by atoms with Gasteiger partial charge in [0.2, 0.25) is 5.91 Å². The third-order valence-electron chi connectivity index (χ3n) is 3.24. The van der Waals surface area contributed by atoms with Gasteiger partial charge in [-0.3, -0.25) is 4.79 Å². The van der Waals surface area contributed by atoms with Gasteiger partial charge < -0.3 is 10.2 Å². The molecule has 0 aliphatic carbocycles. The van der Waals surface area contributed by atoms with Crippen LogP contribution < -0.4 is 5.32 Å². The van der Waals surface area contributed by atoms with E-state index in [0.29, 0.717) is 17.7 Å². The number of hydrogen-bond donors (Lipinski definition) is 1. The number of carbonyl (C=O) groups excluding carboxylic acids is 1. The van der Waals surface area contributed by atoms with Crippen molar-refractivity contribution in [2.24, 2.45) is 0 Å². The molecule has 1 amide bonds. The van der Waals surface area contributed by atoms with Crippen LogP contribution >= 0.6 is 11.8 Å². The molecule has 114 valence electrons. The lowest BCUT2D eigenvalue weighted by Gasteiger charge is -2.17. The molecule has 1 aromatic carbocycles. The number of anilines is 1. The molecular weight excluding hydrogens is 282 g/mol. The molecule has 0 aromatic heterocycles. The smallest absolute Gasteiger partial charge is 0.225 e. The van der Waals surface area contributed by atoms with Crippen LogP contribution in [0.1, 0.15) is 25.8 Å². The maximum atomic E-state index is 11.8. The van der Waals surface area contributed by atoms with Crippen LogP contribution in [0.25, 0.3) is 0 Å². The van der Waals surface area contributed by atoms with Crippen molar-refractivity contribution in [2.75, 3.05) is 36.5 Å². The fraction of sp³-hybridized carbons (Fsp3) is 0.500. The molecule has 0 spiro atoms. The predicted octanol–water partition coefficient (Wildman–Crippen LogP) is 2.96. The van der Waals surface area contributed by atoms with Gasteiger partial charge in [0, 0.05) is 24.5 Å². The van der Waals surface area contributed by atoms with Crippen molar-refractivity contribution in [3.63, 3.8) is 0 Å². The molecule has 0 bridgehead atoms. The Bertz CT molecular complexity index is 481. The number of amides is 1. The van der Waals surface area contributed by atoms with Gasteiger partial charge in [0.25, 0.3) is 0 Å². The molecule has 21 heavy (non-hydrogen) atoms. The van der Waals surface area contributed by atoms with Gasteiger partial charge >= 0.3 is 0 Å². The fourth-order valence-electron chi connectivity index (χ4n) is 1.90. The van der Waals surface area contributed by atoms with Crippen LogP contribution in [0.5, 0.6) is 0 Å². The Balaban J connectivity index is 2.24. The Labute approximate surface area is 131 Å². The van der Waals surface area contributed by atoms with Crippen molar-refractivity contribution in [1.29, 1.82) is 5.26 Å². The number of para-hydroxylation sites is 1.